The first-order valence-corrected chi connectivity index (χ1v) is 10.8. The zero-order chi connectivity index (χ0) is 22.1. The van der Waals surface area contributed by atoms with Gasteiger partial charge in [-0.3, -0.25) is 4.79 Å². The highest BCUT2D eigenvalue weighted by Crippen LogP contribution is 2.22. The molecule has 0 unspecified atom stereocenters. The number of aromatic nitrogens is 3. The van der Waals surface area contributed by atoms with Crippen LogP contribution in [0.4, 0.5) is 0 Å². The Labute approximate surface area is 187 Å². The van der Waals surface area contributed by atoms with Gasteiger partial charge in [0.25, 0.3) is 5.56 Å². The predicted molar refractivity (Wildman–Crippen MR) is 127 cm³/mol. The summed E-state index contributed by atoms with van der Waals surface area (Å²) in [5, 5.41) is 0.566. The fraction of sp³-hybridized carbons (Fsp3) is 0.231. The number of nitrogens with zero attached hydrogens (tertiary/aromatic N) is 3. The molecular weight excluding hydrogens is 406 g/mol. The molecule has 4 aromatic rings. The lowest BCUT2D eigenvalue weighted by Crippen LogP contribution is -2.26. The number of halogens is 1. The van der Waals surface area contributed by atoms with E-state index in [4.69, 9.17) is 11.6 Å². The van der Waals surface area contributed by atoms with Crippen molar-refractivity contribution in [1.82, 2.24) is 14.1 Å². The zero-order valence-corrected chi connectivity index (χ0v) is 19.0. The van der Waals surface area contributed by atoms with Gasteiger partial charge in [-0.05, 0) is 56.5 Å². The molecule has 0 saturated heterocycles. The quantitative estimate of drug-likeness (QED) is 0.400. The van der Waals surface area contributed by atoms with Crippen molar-refractivity contribution in [3.63, 3.8) is 0 Å². The molecule has 0 bridgehead atoms. The van der Waals surface area contributed by atoms with Crippen molar-refractivity contribution in [2.75, 3.05) is 0 Å². The van der Waals surface area contributed by atoms with Gasteiger partial charge in [0.05, 0.1) is 23.1 Å². The molecule has 0 radical (unpaired) electrons. The summed E-state index contributed by atoms with van der Waals surface area (Å²) in [5.41, 5.74) is 7.21. The van der Waals surface area contributed by atoms with Crippen molar-refractivity contribution in [2.24, 2.45) is 0 Å². The molecule has 4 rings (SSSR count). The molecule has 2 aromatic heterocycles. The molecular formula is C26H26ClN3O. The number of aryl methyl sites for hydroxylation is 3. The number of hydrogen-bond donors (Lipinski definition) is 0. The van der Waals surface area contributed by atoms with Crippen molar-refractivity contribution in [3.8, 4) is 5.69 Å². The molecule has 158 valence electrons. The number of rotatable bonds is 5. The molecule has 4 nitrogen and oxygen atoms in total. The highest BCUT2D eigenvalue weighted by Gasteiger charge is 2.14. The summed E-state index contributed by atoms with van der Waals surface area (Å²) in [6, 6.07) is 16.2. The van der Waals surface area contributed by atoms with Gasteiger partial charge in [-0.15, -0.1) is 0 Å². The average Bonchev–Trinajstić information content (AvgIpc) is 3.16. The second kappa shape index (κ2) is 8.56. The molecule has 1 atom stereocenters. The van der Waals surface area contributed by atoms with Gasteiger partial charge >= 0.3 is 0 Å². The summed E-state index contributed by atoms with van der Waals surface area (Å²) >= 11 is 6.42. The van der Waals surface area contributed by atoms with Crippen molar-refractivity contribution < 1.29 is 0 Å². The van der Waals surface area contributed by atoms with Crippen LogP contribution in [-0.4, -0.2) is 14.1 Å². The fourth-order valence-electron chi connectivity index (χ4n) is 4.02. The standard InChI is InChI=1S/C26H26ClN3O/c1-17-6-5-7-22(10-17)20(4)30-15-24(27)13-23(26(30)31)12-21-8-9-25(18(2)11-21)29-14-19(3)28-16-29/h5-11,13-16,20H,12H2,1-4H3/t20-/m0/s1. The van der Waals surface area contributed by atoms with Crippen molar-refractivity contribution in [3.05, 3.63) is 116 Å². The van der Waals surface area contributed by atoms with E-state index in [0.717, 1.165) is 28.1 Å². The molecule has 0 aliphatic rings. The Balaban J connectivity index is 1.66. The molecule has 0 fully saturated rings. The Morgan fingerprint density at radius 3 is 2.52 bits per heavy atom. The van der Waals surface area contributed by atoms with Gasteiger partial charge in [0.1, 0.15) is 0 Å². The maximum absolute atomic E-state index is 13.3. The van der Waals surface area contributed by atoms with Gasteiger partial charge < -0.3 is 9.13 Å². The monoisotopic (exact) mass is 431 g/mol. The van der Waals surface area contributed by atoms with E-state index in [9.17, 15) is 4.79 Å². The second-order valence-electron chi connectivity index (χ2n) is 8.21. The summed E-state index contributed by atoms with van der Waals surface area (Å²) < 4.78 is 3.76. The van der Waals surface area contributed by atoms with Crippen LogP contribution in [0.1, 0.15) is 46.5 Å². The minimum Gasteiger partial charge on any atom is -0.307 e. The maximum Gasteiger partial charge on any atom is 0.254 e. The topological polar surface area (TPSA) is 39.8 Å². The molecule has 2 heterocycles. The number of benzene rings is 2. The van der Waals surface area contributed by atoms with Crippen LogP contribution in [0.2, 0.25) is 5.02 Å². The summed E-state index contributed by atoms with van der Waals surface area (Å²) in [6.45, 7) is 8.13. The van der Waals surface area contributed by atoms with Gasteiger partial charge in [-0.25, -0.2) is 4.98 Å². The van der Waals surface area contributed by atoms with Gasteiger partial charge in [-0.2, -0.15) is 0 Å². The van der Waals surface area contributed by atoms with Gasteiger partial charge in [0, 0.05) is 30.1 Å². The molecule has 0 aliphatic carbocycles. The SMILES string of the molecule is Cc1cccc([C@H](C)n2cc(Cl)cc(Cc3ccc(-n4cnc(C)c4)c(C)c3)c2=O)c1. The van der Waals surface area contributed by atoms with E-state index in [1.807, 2.05) is 43.1 Å². The molecule has 0 aliphatic heterocycles. The lowest BCUT2D eigenvalue weighted by molar-refractivity contribution is 0.609. The summed E-state index contributed by atoms with van der Waals surface area (Å²) in [5.74, 6) is 0. The van der Waals surface area contributed by atoms with E-state index in [1.54, 1.807) is 16.8 Å². The van der Waals surface area contributed by atoms with Crippen LogP contribution in [0.5, 0.6) is 0 Å². The van der Waals surface area contributed by atoms with E-state index < -0.39 is 0 Å². The molecule has 0 N–H and O–H groups in total. The Morgan fingerprint density at radius 1 is 1.03 bits per heavy atom. The van der Waals surface area contributed by atoms with E-state index in [-0.39, 0.29) is 11.6 Å². The maximum atomic E-state index is 13.3. The van der Waals surface area contributed by atoms with Crippen molar-refractivity contribution in [2.45, 2.75) is 40.2 Å². The molecule has 0 saturated carbocycles. The Kier molecular flexibility index (Phi) is 5.84. The Bertz CT molecular complexity index is 1300. The van der Waals surface area contributed by atoms with Crippen LogP contribution in [-0.2, 0) is 6.42 Å². The van der Waals surface area contributed by atoms with Gasteiger partial charge in [0.15, 0.2) is 0 Å². The highest BCUT2D eigenvalue weighted by atomic mass is 35.5. The minimum atomic E-state index is -0.0987. The largest absolute Gasteiger partial charge is 0.307 e. The zero-order valence-electron chi connectivity index (χ0n) is 18.3. The third-order valence-corrected chi connectivity index (χ3v) is 5.88. The molecule has 2 aromatic carbocycles. The Morgan fingerprint density at radius 2 is 1.84 bits per heavy atom. The molecule has 31 heavy (non-hydrogen) atoms. The summed E-state index contributed by atoms with van der Waals surface area (Å²) in [4.78, 5) is 17.6. The summed E-state index contributed by atoms with van der Waals surface area (Å²) in [6.07, 6.45) is 6.09. The van der Waals surface area contributed by atoms with Crippen LogP contribution >= 0.6 is 11.6 Å². The third-order valence-electron chi connectivity index (χ3n) is 5.67. The van der Waals surface area contributed by atoms with Crippen molar-refractivity contribution >= 4 is 11.6 Å². The normalized spacial score (nSPS) is 12.2. The van der Waals surface area contributed by atoms with Crippen molar-refractivity contribution in [1.29, 1.82) is 0 Å². The molecule has 5 heteroatoms. The van der Waals surface area contributed by atoms with Crippen LogP contribution in [0.25, 0.3) is 5.69 Å². The highest BCUT2D eigenvalue weighted by molar-refractivity contribution is 6.30. The Hall–Kier alpha value is -3.11. The average molecular weight is 432 g/mol. The van der Waals surface area contributed by atoms with E-state index >= 15 is 0 Å². The number of imidazole rings is 1. The van der Waals surface area contributed by atoms with Crippen LogP contribution in [0.3, 0.4) is 0 Å². The molecule has 0 amide bonds. The van der Waals surface area contributed by atoms with Gasteiger partial charge in [-0.1, -0.05) is 53.6 Å². The van der Waals surface area contributed by atoms with E-state index in [2.05, 4.69) is 49.2 Å². The molecule has 0 spiro atoms. The number of hydrogen-bond acceptors (Lipinski definition) is 2. The third kappa shape index (κ3) is 4.49. The summed E-state index contributed by atoms with van der Waals surface area (Å²) in [7, 11) is 0. The lowest BCUT2D eigenvalue weighted by Gasteiger charge is -2.18. The predicted octanol–water partition coefficient (Wildman–Crippen LogP) is 5.81. The van der Waals surface area contributed by atoms with Crippen LogP contribution in [0.15, 0.2) is 72.0 Å². The first kappa shape index (κ1) is 21.1. The lowest BCUT2D eigenvalue weighted by atomic mass is 10.0. The van der Waals surface area contributed by atoms with E-state index in [0.29, 0.717) is 17.0 Å². The van der Waals surface area contributed by atoms with Crippen LogP contribution < -0.4 is 5.56 Å². The van der Waals surface area contributed by atoms with Gasteiger partial charge in [0.2, 0.25) is 0 Å². The number of pyridine rings is 1. The first-order valence-electron chi connectivity index (χ1n) is 10.4. The minimum absolute atomic E-state index is 0.00892. The smallest absolute Gasteiger partial charge is 0.254 e. The van der Waals surface area contributed by atoms with Crippen LogP contribution in [0, 0.1) is 20.8 Å². The second-order valence-corrected chi connectivity index (χ2v) is 8.64. The van der Waals surface area contributed by atoms with E-state index in [1.165, 1.54) is 5.56 Å². The fourth-order valence-corrected chi connectivity index (χ4v) is 4.25. The first-order chi connectivity index (χ1) is 14.8.